The highest BCUT2D eigenvalue weighted by molar-refractivity contribution is 5.88. The van der Waals surface area contributed by atoms with E-state index in [1.54, 1.807) is 6.07 Å². The van der Waals surface area contributed by atoms with Gasteiger partial charge in [0.05, 0.1) is 0 Å². The van der Waals surface area contributed by atoms with Gasteiger partial charge in [0, 0.05) is 18.7 Å². The van der Waals surface area contributed by atoms with Crippen LogP contribution in [-0.4, -0.2) is 35.2 Å². The topological polar surface area (TPSA) is 89.5 Å². The Hall–Kier alpha value is -3.23. The Morgan fingerprint density at radius 2 is 1.73 bits per heavy atom. The smallest absolute Gasteiger partial charge is 0.407 e. The summed E-state index contributed by atoms with van der Waals surface area (Å²) in [7, 11) is 0. The number of carbonyl (C=O) groups excluding carboxylic acids is 2. The normalized spacial score (nSPS) is 12.3. The molecule has 9 heteroatoms. The molecule has 33 heavy (non-hydrogen) atoms. The number of aromatic nitrogens is 1. The first kappa shape index (κ1) is 26.0. The molecule has 0 radical (unpaired) electrons. The molecule has 0 aliphatic carbocycles. The van der Waals surface area contributed by atoms with Crippen LogP contribution < -0.4 is 15.4 Å². The molecule has 0 spiro atoms. The van der Waals surface area contributed by atoms with Crippen LogP contribution in [0.2, 0.25) is 0 Å². The quantitative estimate of drug-likeness (QED) is 0.554. The molecule has 1 aromatic heterocycles. The minimum atomic E-state index is -0.898. The van der Waals surface area contributed by atoms with Gasteiger partial charge in [0.15, 0.2) is 17.4 Å². The van der Waals surface area contributed by atoms with Crippen molar-refractivity contribution in [2.24, 2.45) is 5.92 Å². The summed E-state index contributed by atoms with van der Waals surface area (Å²) in [5, 5.41) is 5.21. The number of alkyl carbamates (subject to hydrolysis) is 1. The van der Waals surface area contributed by atoms with Crippen LogP contribution >= 0.6 is 0 Å². The monoisotopic (exact) mass is 463 g/mol. The number of rotatable bonds is 8. The first-order chi connectivity index (χ1) is 15.3. The molecule has 2 amide bonds. The second-order valence-corrected chi connectivity index (χ2v) is 9.22. The van der Waals surface area contributed by atoms with Gasteiger partial charge in [-0.3, -0.25) is 4.79 Å². The lowest BCUT2D eigenvalue weighted by Gasteiger charge is -2.24. The van der Waals surface area contributed by atoms with E-state index in [0.717, 1.165) is 12.1 Å². The number of benzene rings is 1. The molecule has 0 aliphatic rings. The third-order valence-electron chi connectivity index (χ3n) is 4.29. The SMILES string of the molecule is CC(=O)Nc1cc(-c2cc(F)c(OC[C@H](CC(C)C)OC(=O)NC(C)(C)C)c(F)c2)ccn1. The maximum absolute atomic E-state index is 14.7. The minimum absolute atomic E-state index is 0.169. The number of halogens is 2. The minimum Gasteiger partial charge on any atom is -0.484 e. The van der Waals surface area contributed by atoms with E-state index < -0.39 is 35.1 Å². The van der Waals surface area contributed by atoms with Crippen LogP contribution in [0, 0.1) is 17.6 Å². The maximum atomic E-state index is 14.7. The van der Waals surface area contributed by atoms with Gasteiger partial charge >= 0.3 is 6.09 Å². The molecule has 0 bridgehead atoms. The van der Waals surface area contributed by atoms with Gasteiger partial charge in [-0.1, -0.05) is 13.8 Å². The number of pyridine rings is 1. The van der Waals surface area contributed by atoms with Crippen molar-refractivity contribution in [2.75, 3.05) is 11.9 Å². The second-order valence-electron chi connectivity index (χ2n) is 9.22. The molecule has 0 saturated carbocycles. The van der Waals surface area contributed by atoms with Crippen LogP contribution in [0.3, 0.4) is 0 Å². The molecule has 2 rings (SSSR count). The Morgan fingerprint density at radius 3 is 2.27 bits per heavy atom. The zero-order chi connectivity index (χ0) is 24.8. The van der Waals surface area contributed by atoms with Gasteiger partial charge in [0.25, 0.3) is 0 Å². The molecule has 0 fully saturated rings. The van der Waals surface area contributed by atoms with Gasteiger partial charge in [-0.15, -0.1) is 0 Å². The van der Waals surface area contributed by atoms with Crippen molar-refractivity contribution in [3.63, 3.8) is 0 Å². The lowest BCUT2D eigenvalue weighted by molar-refractivity contribution is -0.114. The van der Waals surface area contributed by atoms with Crippen molar-refractivity contribution in [2.45, 2.75) is 59.6 Å². The van der Waals surface area contributed by atoms with Crippen molar-refractivity contribution in [3.8, 4) is 16.9 Å². The van der Waals surface area contributed by atoms with E-state index in [2.05, 4.69) is 15.6 Å². The van der Waals surface area contributed by atoms with E-state index in [1.807, 2.05) is 34.6 Å². The third kappa shape index (κ3) is 8.67. The average Bonchev–Trinajstić information content (AvgIpc) is 2.64. The summed E-state index contributed by atoms with van der Waals surface area (Å²) in [5.74, 6) is -2.22. The van der Waals surface area contributed by atoms with Gasteiger partial charge in [-0.05, 0) is 68.5 Å². The van der Waals surface area contributed by atoms with Crippen molar-refractivity contribution >= 4 is 17.8 Å². The number of nitrogens with one attached hydrogen (secondary N) is 2. The summed E-state index contributed by atoms with van der Waals surface area (Å²) < 4.78 is 40.3. The summed E-state index contributed by atoms with van der Waals surface area (Å²) in [4.78, 5) is 27.3. The van der Waals surface area contributed by atoms with E-state index in [4.69, 9.17) is 9.47 Å². The fourth-order valence-electron chi connectivity index (χ4n) is 3.06. The lowest BCUT2D eigenvalue weighted by Crippen LogP contribution is -2.43. The van der Waals surface area contributed by atoms with E-state index >= 15 is 0 Å². The number of anilines is 1. The van der Waals surface area contributed by atoms with Gasteiger partial charge in [-0.25, -0.2) is 18.6 Å². The van der Waals surface area contributed by atoms with E-state index in [0.29, 0.717) is 12.0 Å². The molecule has 2 N–H and O–H groups in total. The molecule has 2 aromatic rings. The van der Waals surface area contributed by atoms with E-state index in [1.165, 1.54) is 19.2 Å². The molecule has 1 atom stereocenters. The summed E-state index contributed by atoms with van der Waals surface area (Å²) in [5.41, 5.74) is 0.241. The number of ether oxygens (including phenoxy) is 2. The number of hydrogen-bond donors (Lipinski definition) is 2. The summed E-state index contributed by atoms with van der Waals surface area (Å²) >= 11 is 0. The second kappa shape index (κ2) is 11.1. The first-order valence-electron chi connectivity index (χ1n) is 10.7. The third-order valence-corrected chi connectivity index (χ3v) is 4.29. The molecule has 1 aromatic carbocycles. The number of nitrogens with zero attached hydrogens (tertiary/aromatic N) is 1. The average molecular weight is 464 g/mol. The van der Waals surface area contributed by atoms with Crippen LogP contribution in [0.4, 0.5) is 19.4 Å². The lowest BCUT2D eigenvalue weighted by atomic mass is 10.1. The molecule has 0 aliphatic heterocycles. The van der Waals surface area contributed by atoms with Gasteiger partial charge < -0.3 is 20.1 Å². The number of amides is 2. The molecule has 7 nitrogen and oxygen atoms in total. The summed E-state index contributed by atoms with van der Waals surface area (Å²) in [6.07, 6.45) is 0.575. The largest absolute Gasteiger partial charge is 0.484 e. The molecular formula is C24H31F2N3O4. The Morgan fingerprint density at radius 1 is 1.09 bits per heavy atom. The van der Waals surface area contributed by atoms with Crippen LogP contribution in [0.15, 0.2) is 30.5 Å². The first-order valence-corrected chi connectivity index (χ1v) is 10.7. The molecule has 180 valence electrons. The predicted molar refractivity (Wildman–Crippen MR) is 122 cm³/mol. The van der Waals surface area contributed by atoms with Crippen LogP contribution in [0.1, 0.15) is 48.0 Å². The Balaban J connectivity index is 2.16. The van der Waals surface area contributed by atoms with Crippen LogP contribution in [0.25, 0.3) is 11.1 Å². The van der Waals surface area contributed by atoms with Crippen LogP contribution in [0.5, 0.6) is 5.75 Å². The van der Waals surface area contributed by atoms with Crippen molar-refractivity contribution in [1.29, 1.82) is 0 Å². The zero-order valence-corrected chi connectivity index (χ0v) is 19.8. The van der Waals surface area contributed by atoms with Gasteiger partial charge in [0.1, 0.15) is 18.5 Å². The van der Waals surface area contributed by atoms with Crippen molar-refractivity contribution < 1.29 is 27.8 Å². The Bertz CT molecular complexity index is 967. The highest BCUT2D eigenvalue weighted by Gasteiger charge is 2.22. The maximum Gasteiger partial charge on any atom is 0.407 e. The molecular weight excluding hydrogens is 432 g/mol. The standard InChI is InChI=1S/C24H31F2N3O4/c1-14(2)9-18(33-23(31)29-24(4,5)6)13-32-22-19(25)10-17(11-20(22)26)16-7-8-27-21(12-16)28-15(3)30/h7-8,10-12,14,18H,9,13H2,1-6H3,(H,29,31)(H,27,28,30)/t18-/m0/s1. The Labute approximate surface area is 192 Å². The fourth-order valence-corrected chi connectivity index (χ4v) is 3.06. The molecule has 0 saturated heterocycles. The summed E-state index contributed by atoms with van der Waals surface area (Å²) in [6.45, 7) is 10.5. The zero-order valence-electron chi connectivity index (χ0n) is 19.8. The number of hydrogen-bond acceptors (Lipinski definition) is 5. The summed E-state index contributed by atoms with van der Waals surface area (Å²) in [6, 6.07) is 5.35. The molecule has 0 unspecified atom stereocenters. The molecule has 1 heterocycles. The van der Waals surface area contributed by atoms with E-state index in [9.17, 15) is 18.4 Å². The van der Waals surface area contributed by atoms with Gasteiger partial charge in [0.2, 0.25) is 5.91 Å². The van der Waals surface area contributed by atoms with Crippen LogP contribution in [-0.2, 0) is 9.53 Å². The fraction of sp³-hybridized carbons (Fsp3) is 0.458. The number of carbonyl (C=O) groups is 2. The van der Waals surface area contributed by atoms with E-state index in [-0.39, 0.29) is 29.8 Å². The highest BCUT2D eigenvalue weighted by Crippen LogP contribution is 2.30. The Kier molecular flexibility index (Phi) is 8.73. The van der Waals surface area contributed by atoms with Gasteiger partial charge in [-0.2, -0.15) is 0 Å². The van der Waals surface area contributed by atoms with Crippen molar-refractivity contribution in [3.05, 3.63) is 42.1 Å². The predicted octanol–water partition coefficient (Wildman–Crippen LogP) is 5.30. The van der Waals surface area contributed by atoms with Crippen molar-refractivity contribution in [1.82, 2.24) is 10.3 Å². The highest BCUT2D eigenvalue weighted by atomic mass is 19.1.